The van der Waals surface area contributed by atoms with E-state index in [1.165, 1.54) is 18.4 Å². The number of pyridine rings is 1. The minimum Gasteiger partial charge on any atom is -0.366 e. The lowest BCUT2D eigenvalue weighted by Gasteiger charge is -2.07. The average Bonchev–Trinajstić information content (AvgIpc) is 3.42. The molecule has 0 bridgehead atoms. The predicted octanol–water partition coefficient (Wildman–Crippen LogP) is 3.56. The third-order valence-electron chi connectivity index (χ3n) is 5.52. The molecule has 0 saturated heterocycles. The van der Waals surface area contributed by atoms with E-state index in [9.17, 15) is 0 Å². The summed E-state index contributed by atoms with van der Waals surface area (Å²) in [5, 5.41) is 8.90. The molecule has 5 aromatic rings. The summed E-state index contributed by atoms with van der Waals surface area (Å²) in [5.41, 5.74) is 11.5. The molecule has 0 amide bonds. The molecule has 0 radical (unpaired) electrons. The molecule has 4 aromatic heterocycles. The maximum absolute atomic E-state index is 5.90. The Bertz CT molecular complexity index is 1360. The Balaban J connectivity index is 1.40. The van der Waals surface area contributed by atoms with Crippen molar-refractivity contribution >= 4 is 11.6 Å². The molecule has 0 atom stereocenters. The van der Waals surface area contributed by atoms with Gasteiger partial charge in [0.05, 0.1) is 18.4 Å². The molecule has 152 valence electrons. The van der Waals surface area contributed by atoms with E-state index in [4.69, 9.17) is 5.73 Å². The van der Waals surface area contributed by atoms with Gasteiger partial charge in [-0.2, -0.15) is 10.1 Å². The van der Waals surface area contributed by atoms with Crippen molar-refractivity contribution in [2.45, 2.75) is 25.3 Å². The Labute approximate surface area is 178 Å². The fourth-order valence-corrected chi connectivity index (χ4v) is 3.77. The minimum atomic E-state index is 0.230. The van der Waals surface area contributed by atoms with Crippen LogP contribution in [0.4, 0.5) is 5.95 Å². The van der Waals surface area contributed by atoms with Crippen LogP contribution in [0.15, 0.2) is 67.3 Å². The van der Waals surface area contributed by atoms with Crippen molar-refractivity contribution in [1.82, 2.24) is 34.3 Å². The molecule has 1 aliphatic carbocycles. The topological polar surface area (TPSA) is 99.8 Å². The van der Waals surface area contributed by atoms with E-state index in [0.717, 1.165) is 28.2 Å². The fraction of sp³-hybridized carbons (Fsp3) is 0.174. The van der Waals surface area contributed by atoms with Crippen LogP contribution >= 0.6 is 0 Å². The molecular weight excluding hydrogens is 388 g/mol. The van der Waals surface area contributed by atoms with Crippen LogP contribution in [0.1, 0.15) is 30.1 Å². The zero-order chi connectivity index (χ0) is 20.8. The second kappa shape index (κ2) is 7.02. The Morgan fingerprint density at radius 1 is 0.935 bits per heavy atom. The van der Waals surface area contributed by atoms with Gasteiger partial charge in [0.15, 0.2) is 5.65 Å². The summed E-state index contributed by atoms with van der Waals surface area (Å²) in [6, 6.07) is 14.3. The summed E-state index contributed by atoms with van der Waals surface area (Å²) in [6.07, 6.45) is 9.96. The molecular formula is C23H20N8. The molecule has 0 aliphatic heterocycles. The summed E-state index contributed by atoms with van der Waals surface area (Å²) < 4.78 is 3.67. The first-order valence-electron chi connectivity index (χ1n) is 10.3. The Morgan fingerprint density at radius 2 is 1.74 bits per heavy atom. The molecule has 0 spiro atoms. The number of hydrogen-bond donors (Lipinski definition) is 1. The van der Waals surface area contributed by atoms with Crippen molar-refractivity contribution in [2.75, 3.05) is 5.73 Å². The van der Waals surface area contributed by atoms with Crippen LogP contribution in [0.3, 0.4) is 0 Å². The van der Waals surface area contributed by atoms with Crippen molar-refractivity contribution in [1.29, 1.82) is 0 Å². The Hall–Kier alpha value is -4.07. The highest BCUT2D eigenvalue weighted by atomic mass is 15.3. The third-order valence-corrected chi connectivity index (χ3v) is 5.52. The van der Waals surface area contributed by atoms with Gasteiger partial charge < -0.3 is 5.73 Å². The van der Waals surface area contributed by atoms with E-state index in [-0.39, 0.29) is 5.95 Å². The third kappa shape index (κ3) is 3.42. The molecule has 8 heteroatoms. The van der Waals surface area contributed by atoms with Crippen LogP contribution in [0.2, 0.25) is 0 Å². The minimum absolute atomic E-state index is 0.230. The molecule has 1 aromatic carbocycles. The summed E-state index contributed by atoms with van der Waals surface area (Å²) >= 11 is 0. The summed E-state index contributed by atoms with van der Waals surface area (Å²) in [4.78, 5) is 13.5. The smallest absolute Gasteiger partial charge is 0.240 e. The molecule has 1 aliphatic rings. The maximum atomic E-state index is 5.90. The van der Waals surface area contributed by atoms with Crippen molar-refractivity contribution in [2.24, 2.45) is 0 Å². The number of rotatable bonds is 5. The van der Waals surface area contributed by atoms with Gasteiger partial charge >= 0.3 is 0 Å². The molecule has 0 unspecified atom stereocenters. The second-order valence-corrected chi connectivity index (χ2v) is 7.89. The zero-order valence-corrected chi connectivity index (χ0v) is 16.8. The standard InChI is InChI=1S/C23H20N8/c24-23-28-21-9-17(19-12-27-30(14-19)13-15-4-2-1-3-5-15)8-20(31(21)29-23)18-10-25-22(26-11-18)16-6-7-16/h1-5,8-12,14,16H,6-7,13H2,(H2,24,29). The predicted molar refractivity (Wildman–Crippen MR) is 117 cm³/mol. The van der Waals surface area contributed by atoms with Crippen molar-refractivity contribution < 1.29 is 0 Å². The molecule has 31 heavy (non-hydrogen) atoms. The number of hydrogen-bond acceptors (Lipinski definition) is 6. The van der Waals surface area contributed by atoms with E-state index in [0.29, 0.717) is 18.1 Å². The Kier molecular flexibility index (Phi) is 4.02. The lowest BCUT2D eigenvalue weighted by atomic mass is 10.1. The first-order valence-corrected chi connectivity index (χ1v) is 10.3. The van der Waals surface area contributed by atoms with Crippen LogP contribution in [-0.2, 0) is 6.54 Å². The first kappa shape index (κ1) is 17.8. The van der Waals surface area contributed by atoms with Gasteiger partial charge in [0.2, 0.25) is 5.95 Å². The zero-order valence-electron chi connectivity index (χ0n) is 16.8. The van der Waals surface area contributed by atoms with Gasteiger partial charge in [-0.3, -0.25) is 4.68 Å². The second-order valence-electron chi connectivity index (χ2n) is 7.89. The van der Waals surface area contributed by atoms with Gasteiger partial charge in [-0.05, 0) is 36.1 Å². The monoisotopic (exact) mass is 408 g/mol. The number of nitrogens with zero attached hydrogens (tertiary/aromatic N) is 7. The summed E-state index contributed by atoms with van der Waals surface area (Å²) in [6.45, 7) is 0.713. The van der Waals surface area contributed by atoms with Crippen LogP contribution in [0.25, 0.3) is 28.0 Å². The largest absolute Gasteiger partial charge is 0.366 e. The molecule has 1 fully saturated rings. The maximum Gasteiger partial charge on any atom is 0.240 e. The van der Waals surface area contributed by atoms with Gasteiger partial charge in [0.25, 0.3) is 0 Å². The highest BCUT2D eigenvalue weighted by Gasteiger charge is 2.26. The van der Waals surface area contributed by atoms with E-state index >= 15 is 0 Å². The molecule has 8 nitrogen and oxygen atoms in total. The molecule has 4 heterocycles. The quantitative estimate of drug-likeness (QED) is 0.477. The number of benzene rings is 1. The average molecular weight is 408 g/mol. The van der Waals surface area contributed by atoms with E-state index in [1.807, 2.05) is 53.7 Å². The van der Waals surface area contributed by atoms with Crippen molar-refractivity contribution in [3.05, 3.63) is 78.6 Å². The van der Waals surface area contributed by atoms with Crippen molar-refractivity contribution in [3.8, 4) is 22.4 Å². The number of nitrogen functional groups attached to an aromatic ring is 1. The highest BCUT2D eigenvalue weighted by Crippen LogP contribution is 2.38. The highest BCUT2D eigenvalue weighted by molar-refractivity contribution is 5.74. The summed E-state index contributed by atoms with van der Waals surface area (Å²) in [5.74, 6) is 1.66. The van der Waals surface area contributed by atoms with Crippen LogP contribution in [0.5, 0.6) is 0 Å². The van der Waals surface area contributed by atoms with Crippen LogP contribution in [-0.4, -0.2) is 34.3 Å². The van der Waals surface area contributed by atoms with E-state index < -0.39 is 0 Å². The lowest BCUT2D eigenvalue weighted by Crippen LogP contribution is -1.99. The van der Waals surface area contributed by atoms with Crippen LogP contribution < -0.4 is 5.73 Å². The normalized spacial score (nSPS) is 13.7. The fourth-order valence-electron chi connectivity index (χ4n) is 3.77. The lowest BCUT2D eigenvalue weighted by molar-refractivity contribution is 0.687. The number of anilines is 1. The van der Waals surface area contributed by atoms with Gasteiger partial charge in [0.1, 0.15) is 5.82 Å². The van der Waals surface area contributed by atoms with E-state index in [1.54, 1.807) is 4.52 Å². The molecule has 2 N–H and O–H groups in total. The number of fused-ring (bicyclic) bond motifs is 1. The first-order chi connectivity index (χ1) is 15.2. The Morgan fingerprint density at radius 3 is 2.52 bits per heavy atom. The SMILES string of the molecule is Nc1nc2cc(-c3cnn(Cc4ccccc4)c3)cc(-c3cnc(C4CC4)nc3)n2n1. The summed E-state index contributed by atoms with van der Waals surface area (Å²) in [7, 11) is 0. The van der Waals surface area contributed by atoms with Gasteiger partial charge in [-0.15, -0.1) is 5.10 Å². The molecule has 1 saturated carbocycles. The molecule has 6 rings (SSSR count). The van der Waals surface area contributed by atoms with E-state index in [2.05, 4.69) is 43.3 Å². The van der Waals surface area contributed by atoms with Gasteiger partial charge in [-0.1, -0.05) is 30.3 Å². The van der Waals surface area contributed by atoms with Crippen LogP contribution in [0, 0.1) is 0 Å². The number of nitrogens with two attached hydrogens (primary N) is 1. The van der Waals surface area contributed by atoms with Gasteiger partial charge in [0, 0.05) is 35.6 Å². The number of aromatic nitrogens is 7. The van der Waals surface area contributed by atoms with Crippen molar-refractivity contribution in [3.63, 3.8) is 0 Å². The van der Waals surface area contributed by atoms with Gasteiger partial charge in [-0.25, -0.2) is 14.5 Å².